The molecule has 0 aliphatic carbocycles. The molecule has 0 amide bonds. The maximum atomic E-state index is 5.39. The Morgan fingerprint density at radius 1 is 1.20 bits per heavy atom. The highest BCUT2D eigenvalue weighted by molar-refractivity contribution is 5.47. The van der Waals surface area contributed by atoms with Gasteiger partial charge < -0.3 is 9.64 Å². The van der Waals surface area contributed by atoms with Crippen molar-refractivity contribution in [1.29, 1.82) is 0 Å². The lowest BCUT2D eigenvalue weighted by molar-refractivity contribution is 0.0853. The van der Waals surface area contributed by atoms with E-state index in [0.717, 1.165) is 26.1 Å². The number of nitrogens with zero attached hydrogens (tertiary/aromatic N) is 1. The van der Waals surface area contributed by atoms with Crippen LogP contribution in [0.2, 0.25) is 0 Å². The number of rotatable bonds is 2. The van der Waals surface area contributed by atoms with E-state index in [-0.39, 0.29) is 0 Å². The molecule has 2 nitrogen and oxygen atoms in total. The molecule has 2 rings (SSSR count). The molecule has 1 aromatic carbocycles. The molecule has 0 aromatic heterocycles. The standard InChI is InChI=1S/C13H19NO/c1-14(2)13-5-3-4-12(10-13)11-6-8-15-9-7-11/h3-5,10-11H,6-9H2,1-2H3. The minimum absolute atomic E-state index is 0.693. The van der Waals surface area contributed by atoms with Crippen LogP contribution in [0.5, 0.6) is 0 Å². The summed E-state index contributed by atoms with van der Waals surface area (Å²) in [5.41, 5.74) is 2.75. The topological polar surface area (TPSA) is 12.5 Å². The van der Waals surface area contributed by atoms with Crippen LogP contribution in [0.1, 0.15) is 24.3 Å². The van der Waals surface area contributed by atoms with Crippen molar-refractivity contribution in [2.75, 3.05) is 32.2 Å². The third kappa shape index (κ3) is 2.51. The van der Waals surface area contributed by atoms with Gasteiger partial charge in [0.15, 0.2) is 0 Å². The van der Waals surface area contributed by atoms with Gasteiger partial charge in [-0.3, -0.25) is 0 Å². The van der Waals surface area contributed by atoms with Crippen molar-refractivity contribution in [3.05, 3.63) is 29.8 Å². The van der Waals surface area contributed by atoms with Crippen LogP contribution < -0.4 is 4.90 Å². The zero-order valence-corrected chi connectivity index (χ0v) is 9.57. The first kappa shape index (κ1) is 10.5. The van der Waals surface area contributed by atoms with Crippen molar-refractivity contribution < 1.29 is 4.74 Å². The van der Waals surface area contributed by atoms with Crippen molar-refractivity contribution >= 4 is 5.69 Å². The molecule has 0 unspecified atom stereocenters. The summed E-state index contributed by atoms with van der Waals surface area (Å²) in [7, 11) is 4.17. The molecule has 0 N–H and O–H groups in total. The van der Waals surface area contributed by atoms with E-state index in [1.54, 1.807) is 0 Å². The molecule has 0 radical (unpaired) electrons. The van der Waals surface area contributed by atoms with Gasteiger partial charge in [-0.2, -0.15) is 0 Å². The third-order valence-electron chi connectivity index (χ3n) is 3.08. The average molecular weight is 205 g/mol. The first-order valence-electron chi connectivity index (χ1n) is 5.62. The summed E-state index contributed by atoms with van der Waals surface area (Å²) in [6, 6.07) is 8.85. The Balaban J connectivity index is 2.16. The Labute approximate surface area is 91.9 Å². The van der Waals surface area contributed by atoms with Crippen LogP contribution in [0, 0.1) is 0 Å². The predicted molar refractivity (Wildman–Crippen MR) is 63.6 cm³/mol. The van der Waals surface area contributed by atoms with Gasteiger partial charge in [0.25, 0.3) is 0 Å². The molecule has 0 spiro atoms. The minimum Gasteiger partial charge on any atom is -0.381 e. The lowest BCUT2D eigenvalue weighted by atomic mass is 9.91. The van der Waals surface area contributed by atoms with E-state index in [9.17, 15) is 0 Å². The molecule has 0 saturated carbocycles. The summed E-state index contributed by atoms with van der Waals surface area (Å²) in [6.45, 7) is 1.83. The summed E-state index contributed by atoms with van der Waals surface area (Å²) in [5, 5.41) is 0. The Morgan fingerprint density at radius 2 is 1.93 bits per heavy atom. The molecule has 1 heterocycles. The molecular weight excluding hydrogens is 186 g/mol. The van der Waals surface area contributed by atoms with Crippen LogP contribution in [0.15, 0.2) is 24.3 Å². The third-order valence-corrected chi connectivity index (χ3v) is 3.08. The summed E-state index contributed by atoms with van der Waals surface area (Å²) in [4.78, 5) is 2.16. The molecule has 0 atom stereocenters. The second kappa shape index (κ2) is 4.67. The Morgan fingerprint density at radius 3 is 2.60 bits per heavy atom. The fourth-order valence-electron chi connectivity index (χ4n) is 2.09. The molecule has 2 heteroatoms. The Bertz CT molecular complexity index is 316. The first-order valence-corrected chi connectivity index (χ1v) is 5.62. The number of anilines is 1. The highest BCUT2D eigenvalue weighted by Gasteiger charge is 2.15. The van der Waals surface area contributed by atoms with Crippen molar-refractivity contribution in [3.63, 3.8) is 0 Å². The lowest BCUT2D eigenvalue weighted by Gasteiger charge is -2.23. The molecule has 0 bridgehead atoms. The van der Waals surface area contributed by atoms with E-state index in [2.05, 4.69) is 43.3 Å². The summed E-state index contributed by atoms with van der Waals surface area (Å²) < 4.78 is 5.39. The molecule has 1 saturated heterocycles. The monoisotopic (exact) mass is 205 g/mol. The SMILES string of the molecule is CN(C)c1cccc(C2CCOCC2)c1. The van der Waals surface area contributed by atoms with Gasteiger partial charge in [-0.15, -0.1) is 0 Å². The summed E-state index contributed by atoms with van der Waals surface area (Å²) in [5.74, 6) is 0.693. The van der Waals surface area contributed by atoms with Crippen molar-refractivity contribution in [1.82, 2.24) is 0 Å². The van der Waals surface area contributed by atoms with E-state index in [1.807, 2.05) is 0 Å². The number of ether oxygens (including phenoxy) is 1. The zero-order valence-electron chi connectivity index (χ0n) is 9.57. The van der Waals surface area contributed by atoms with E-state index < -0.39 is 0 Å². The van der Waals surface area contributed by atoms with Crippen LogP contribution in [-0.2, 0) is 4.74 Å². The Kier molecular flexibility index (Phi) is 3.27. The van der Waals surface area contributed by atoms with E-state index >= 15 is 0 Å². The van der Waals surface area contributed by atoms with Crippen LogP contribution in [0.25, 0.3) is 0 Å². The van der Waals surface area contributed by atoms with Crippen LogP contribution in [-0.4, -0.2) is 27.3 Å². The van der Waals surface area contributed by atoms with Crippen LogP contribution in [0.4, 0.5) is 5.69 Å². The van der Waals surface area contributed by atoms with Crippen molar-refractivity contribution in [2.45, 2.75) is 18.8 Å². The molecule has 1 aromatic rings. The van der Waals surface area contributed by atoms with Gasteiger partial charge in [0.2, 0.25) is 0 Å². The maximum Gasteiger partial charge on any atom is 0.0471 e. The number of hydrogen-bond donors (Lipinski definition) is 0. The van der Waals surface area contributed by atoms with Crippen molar-refractivity contribution in [3.8, 4) is 0 Å². The van der Waals surface area contributed by atoms with Gasteiger partial charge in [-0.1, -0.05) is 12.1 Å². The van der Waals surface area contributed by atoms with E-state index in [1.165, 1.54) is 11.3 Å². The highest BCUT2D eigenvalue weighted by atomic mass is 16.5. The molecule has 82 valence electrons. The molecular formula is C13H19NO. The van der Waals surface area contributed by atoms with Crippen LogP contribution >= 0.6 is 0 Å². The smallest absolute Gasteiger partial charge is 0.0471 e. The minimum atomic E-state index is 0.693. The fraction of sp³-hybridized carbons (Fsp3) is 0.538. The van der Waals surface area contributed by atoms with Gasteiger partial charge in [-0.25, -0.2) is 0 Å². The molecule has 15 heavy (non-hydrogen) atoms. The van der Waals surface area contributed by atoms with E-state index in [4.69, 9.17) is 4.74 Å². The lowest BCUT2D eigenvalue weighted by Crippen LogP contribution is -2.15. The molecule has 1 aliphatic heterocycles. The Hall–Kier alpha value is -1.02. The first-order chi connectivity index (χ1) is 7.27. The largest absolute Gasteiger partial charge is 0.381 e. The fourth-order valence-corrected chi connectivity index (χ4v) is 2.09. The normalized spacial score (nSPS) is 17.7. The zero-order chi connectivity index (χ0) is 10.7. The van der Waals surface area contributed by atoms with Gasteiger partial charge in [-0.05, 0) is 36.5 Å². The number of hydrogen-bond acceptors (Lipinski definition) is 2. The van der Waals surface area contributed by atoms with Crippen molar-refractivity contribution in [2.24, 2.45) is 0 Å². The highest BCUT2D eigenvalue weighted by Crippen LogP contribution is 2.28. The second-order valence-corrected chi connectivity index (χ2v) is 4.38. The average Bonchev–Trinajstić information content (AvgIpc) is 2.30. The predicted octanol–water partition coefficient (Wildman–Crippen LogP) is 2.65. The second-order valence-electron chi connectivity index (χ2n) is 4.38. The quantitative estimate of drug-likeness (QED) is 0.736. The summed E-state index contributed by atoms with van der Waals surface area (Å²) >= 11 is 0. The van der Waals surface area contributed by atoms with Gasteiger partial charge >= 0.3 is 0 Å². The van der Waals surface area contributed by atoms with Crippen LogP contribution in [0.3, 0.4) is 0 Å². The van der Waals surface area contributed by atoms with Gasteiger partial charge in [0, 0.05) is 33.0 Å². The summed E-state index contributed by atoms with van der Waals surface area (Å²) in [6.07, 6.45) is 2.33. The van der Waals surface area contributed by atoms with E-state index in [0.29, 0.717) is 5.92 Å². The van der Waals surface area contributed by atoms with Gasteiger partial charge in [0.1, 0.15) is 0 Å². The maximum absolute atomic E-state index is 5.39. The molecule has 1 aliphatic rings. The molecule has 1 fully saturated rings. The van der Waals surface area contributed by atoms with Gasteiger partial charge in [0.05, 0.1) is 0 Å². The number of benzene rings is 1.